The van der Waals surface area contributed by atoms with Crippen molar-refractivity contribution in [3.63, 3.8) is 0 Å². The second-order valence-electron chi connectivity index (χ2n) is 4.77. The monoisotopic (exact) mass is 284 g/mol. The first-order valence-corrected chi connectivity index (χ1v) is 8.73. The van der Waals surface area contributed by atoms with E-state index in [-0.39, 0.29) is 0 Å². The van der Waals surface area contributed by atoms with Crippen LogP contribution in [0.5, 0.6) is 0 Å². The van der Waals surface area contributed by atoms with Crippen molar-refractivity contribution in [2.75, 3.05) is 6.26 Å². The summed E-state index contributed by atoms with van der Waals surface area (Å²) in [5.74, 6) is 0. The molecule has 2 rings (SSSR count). The van der Waals surface area contributed by atoms with E-state index in [0.29, 0.717) is 17.7 Å². The largest absolute Gasteiger partial charge is 0.255 e. The third-order valence-electron chi connectivity index (χ3n) is 3.38. The third kappa shape index (κ3) is 2.17. The quantitative estimate of drug-likeness (QED) is 0.855. The molecule has 3 nitrogen and oxygen atoms in total. The van der Waals surface area contributed by atoms with Gasteiger partial charge in [0.25, 0.3) is 0 Å². The Hall–Kier alpha value is -0.940. The maximum atomic E-state index is 12.6. The zero-order valence-electron chi connectivity index (χ0n) is 10.4. The number of hydrogen-bond donors (Lipinski definition) is 0. The Kier molecular flexibility index (Phi) is 3.47. The lowest BCUT2D eigenvalue weighted by molar-refractivity contribution is 0.539. The summed E-state index contributed by atoms with van der Waals surface area (Å²) in [5.41, 5.74) is 0. The van der Waals surface area contributed by atoms with Crippen molar-refractivity contribution in [1.82, 2.24) is 0 Å². The molecule has 1 aromatic carbocycles. The van der Waals surface area contributed by atoms with Gasteiger partial charge in [-0.05, 0) is 25.5 Å². The molecule has 2 atom stereocenters. The van der Waals surface area contributed by atoms with Crippen LogP contribution in [-0.4, -0.2) is 23.6 Å². The van der Waals surface area contributed by atoms with Gasteiger partial charge in [-0.15, -0.1) is 0 Å². The number of rotatable bonds is 3. The lowest BCUT2D eigenvalue weighted by Crippen LogP contribution is -2.33. The van der Waals surface area contributed by atoms with Gasteiger partial charge in [-0.25, -0.2) is 8.42 Å². The summed E-state index contributed by atoms with van der Waals surface area (Å²) in [6.07, 6.45) is 4.18. The Balaban J connectivity index is 2.37. The van der Waals surface area contributed by atoms with E-state index in [1.807, 2.05) is 0 Å². The molecule has 1 unspecified atom stereocenters. The second-order valence-corrected chi connectivity index (χ2v) is 8.67. The van der Waals surface area contributed by atoms with E-state index >= 15 is 0 Å². The summed E-state index contributed by atoms with van der Waals surface area (Å²) in [7, 11) is -4.47. The SMILES string of the molecule is CS(=O)C1=CC[C@](C)(S(=O)(=O)c2ccccc2)C1. The lowest BCUT2D eigenvalue weighted by atomic mass is 10.1. The fourth-order valence-corrected chi connectivity index (χ4v) is 4.81. The molecule has 0 spiro atoms. The van der Waals surface area contributed by atoms with Crippen molar-refractivity contribution < 1.29 is 12.6 Å². The first-order valence-electron chi connectivity index (χ1n) is 5.69. The van der Waals surface area contributed by atoms with Crippen molar-refractivity contribution in [3.05, 3.63) is 41.3 Å². The highest BCUT2D eigenvalue weighted by Crippen LogP contribution is 2.40. The minimum Gasteiger partial charge on any atom is -0.255 e. The van der Waals surface area contributed by atoms with E-state index in [1.54, 1.807) is 49.6 Å². The number of allylic oxidation sites excluding steroid dienone is 2. The third-order valence-corrected chi connectivity index (χ3v) is 6.93. The van der Waals surface area contributed by atoms with Gasteiger partial charge < -0.3 is 0 Å². The number of sulfone groups is 1. The molecular formula is C13H16O3S2. The molecule has 0 N–H and O–H groups in total. The number of hydrogen-bond acceptors (Lipinski definition) is 3. The molecule has 0 saturated carbocycles. The summed E-state index contributed by atoms with van der Waals surface area (Å²) in [5, 5.41) is 0. The molecule has 18 heavy (non-hydrogen) atoms. The van der Waals surface area contributed by atoms with Crippen LogP contribution in [0.4, 0.5) is 0 Å². The van der Waals surface area contributed by atoms with Crippen LogP contribution >= 0.6 is 0 Å². The summed E-state index contributed by atoms with van der Waals surface area (Å²) in [6.45, 7) is 1.73. The topological polar surface area (TPSA) is 51.2 Å². The van der Waals surface area contributed by atoms with Gasteiger partial charge in [0.15, 0.2) is 9.84 Å². The normalized spacial score (nSPS) is 25.8. The van der Waals surface area contributed by atoms with E-state index < -0.39 is 25.4 Å². The van der Waals surface area contributed by atoms with Gasteiger partial charge in [-0.1, -0.05) is 24.3 Å². The van der Waals surface area contributed by atoms with Crippen molar-refractivity contribution in [2.24, 2.45) is 0 Å². The average molecular weight is 284 g/mol. The van der Waals surface area contributed by atoms with Crippen molar-refractivity contribution in [1.29, 1.82) is 0 Å². The Morgan fingerprint density at radius 3 is 2.33 bits per heavy atom. The van der Waals surface area contributed by atoms with Crippen LogP contribution in [0.25, 0.3) is 0 Å². The molecule has 0 saturated heterocycles. The van der Waals surface area contributed by atoms with Gasteiger partial charge in [-0.3, -0.25) is 4.21 Å². The van der Waals surface area contributed by atoms with Crippen LogP contribution in [0.1, 0.15) is 19.8 Å². The van der Waals surface area contributed by atoms with Crippen molar-refractivity contribution in [2.45, 2.75) is 29.4 Å². The van der Waals surface area contributed by atoms with E-state index in [9.17, 15) is 12.6 Å². The maximum absolute atomic E-state index is 12.6. The number of benzene rings is 1. The molecule has 5 heteroatoms. The van der Waals surface area contributed by atoms with Crippen LogP contribution in [0.2, 0.25) is 0 Å². The fourth-order valence-electron chi connectivity index (χ4n) is 2.15. The molecule has 98 valence electrons. The van der Waals surface area contributed by atoms with E-state index in [2.05, 4.69) is 0 Å². The smallest absolute Gasteiger partial charge is 0.184 e. The molecule has 0 bridgehead atoms. The van der Waals surface area contributed by atoms with Gasteiger partial charge in [0.05, 0.1) is 9.64 Å². The Bertz CT molecular complexity index is 602. The van der Waals surface area contributed by atoms with Gasteiger partial charge in [-0.2, -0.15) is 0 Å². The molecule has 0 amide bonds. The Morgan fingerprint density at radius 2 is 1.83 bits per heavy atom. The predicted octanol–water partition coefficient (Wildman–Crippen LogP) is 2.28. The minimum atomic E-state index is -3.39. The summed E-state index contributed by atoms with van der Waals surface area (Å²) < 4.78 is 35.8. The summed E-state index contributed by atoms with van der Waals surface area (Å²) in [6, 6.07) is 8.46. The van der Waals surface area contributed by atoms with Crippen molar-refractivity contribution >= 4 is 20.6 Å². The van der Waals surface area contributed by atoms with Gasteiger partial charge in [0, 0.05) is 28.4 Å². The van der Waals surface area contributed by atoms with Crippen LogP contribution in [-0.2, 0) is 20.6 Å². The van der Waals surface area contributed by atoms with Crippen LogP contribution in [0.15, 0.2) is 46.2 Å². The molecule has 0 aromatic heterocycles. The molecule has 1 aliphatic rings. The van der Waals surface area contributed by atoms with Crippen molar-refractivity contribution in [3.8, 4) is 0 Å². The van der Waals surface area contributed by atoms with Gasteiger partial charge in [0.1, 0.15) is 0 Å². The molecule has 1 aromatic rings. The second kappa shape index (κ2) is 4.63. The Labute approximate surface area is 110 Å². The fraction of sp³-hybridized carbons (Fsp3) is 0.385. The molecule has 0 radical (unpaired) electrons. The van der Waals surface area contributed by atoms with E-state index in [0.717, 1.165) is 4.91 Å². The first-order chi connectivity index (χ1) is 8.37. The van der Waals surface area contributed by atoms with Crippen LogP contribution in [0, 0.1) is 0 Å². The van der Waals surface area contributed by atoms with Crippen LogP contribution < -0.4 is 0 Å². The molecule has 0 aliphatic heterocycles. The Morgan fingerprint density at radius 1 is 1.22 bits per heavy atom. The standard InChI is InChI=1S/C13H16O3S2/c1-13(9-8-11(10-13)17(2)14)18(15,16)12-6-4-3-5-7-12/h3-8H,9-10H2,1-2H3/t13-,17?/m0/s1. The molecule has 1 aliphatic carbocycles. The predicted molar refractivity (Wildman–Crippen MR) is 73.4 cm³/mol. The first kappa shape index (κ1) is 13.5. The highest BCUT2D eigenvalue weighted by Gasteiger charge is 2.43. The average Bonchev–Trinajstić information content (AvgIpc) is 2.75. The highest BCUT2D eigenvalue weighted by molar-refractivity contribution is 7.93. The zero-order valence-corrected chi connectivity index (χ0v) is 12.1. The molecular weight excluding hydrogens is 268 g/mol. The van der Waals surface area contributed by atoms with Crippen LogP contribution in [0.3, 0.4) is 0 Å². The highest BCUT2D eigenvalue weighted by atomic mass is 32.2. The summed E-state index contributed by atoms with van der Waals surface area (Å²) >= 11 is 0. The van der Waals surface area contributed by atoms with Gasteiger partial charge in [0.2, 0.25) is 0 Å². The minimum absolute atomic E-state index is 0.337. The lowest BCUT2D eigenvalue weighted by Gasteiger charge is -2.24. The van der Waals surface area contributed by atoms with E-state index in [4.69, 9.17) is 0 Å². The van der Waals surface area contributed by atoms with E-state index in [1.165, 1.54) is 0 Å². The molecule has 0 heterocycles. The molecule has 0 fully saturated rings. The summed E-state index contributed by atoms with van der Waals surface area (Å²) in [4.78, 5) is 1.07. The zero-order chi connectivity index (χ0) is 13.4. The maximum Gasteiger partial charge on any atom is 0.184 e. The van der Waals surface area contributed by atoms with Gasteiger partial charge >= 0.3 is 0 Å².